The lowest BCUT2D eigenvalue weighted by Gasteiger charge is -2.15. The van der Waals surface area contributed by atoms with E-state index in [4.69, 9.17) is 5.11 Å². The van der Waals surface area contributed by atoms with Crippen LogP contribution in [0.15, 0.2) is 25.3 Å². The molecular formula is C8H11NO3. The first-order valence-electron chi connectivity index (χ1n) is 3.38. The Labute approximate surface area is 70.8 Å². The SMILES string of the molecule is C=CC(=O)N(CCO)C(=O)C=C. The Morgan fingerprint density at radius 2 is 1.67 bits per heavy atom. The molecule has 0 aliphatic rings. The summed E-state index contributed by atoms with van der Waals surface area (Å²) >= 11 is 0. The minimum absolute atomic E-state index is 0.0320. The Balaban J connectivity index is 4.41. The molecule has 4 nitrogen and oxygen atoms in total. The number of carbonyl (C=O) groups excluding carboxylic acids is 2. The Morgan fingerprint density at radius 3 is 1.92 bits per heavy atom. The van der Waals surface area contributed by atoms with Gasteiger partial charge in [-0.3, -0.25) is 14.5 Å². The van der Waals surface area contributed by atoms with Crippen molar-refractivity contribution < 1.29 is 14.7 Å². The highest BCUT2D eigenvalue weighted by molar-refractivity contribution is 6.04. The lowest BCUT2D eigenvalue weighted by atomic mass is 10.4. The van der Waals surface area contributed by atoms with Gasteiger partial charge in [0.1, 0.15) is 0 Å². The maximum absolute atomic E-state index is 10.9. The summed E-state index contributed by atoms with van der Waals surface area (Å²) in [5.74, 6) is -1.07. The van der Waals surface area contributed by atoms with Crippen LogP contribution in [0.1, 0.15) is 0 Å². The molecule has 2 amide bonds. The molecule has 0 aromatic rings. The van der Waals surface area contributed by atoms with Crippen molar-refractivity contribution in [3.8, 4) is 0 Å². The van der Waals surface area contributed by atoms with Crippen LogP contribution >= 0.6 is 0 Å². The summed E-state index contributed by atoms with van der Waals surface area (Å²) in [4.78, 5) is 22.7. The van der Waals surface area contributed by atoms with E-state index in [0.29, 0.717) is 0 Å². The van der Waals surface area contributed by atoms with Crippen LogP contribution in [-0.2, 0) is 9.59 Å². The molecule has 1 N–H and O–H groups in total. The summed E-state index contributed by atoms with van der Waals surface area (Å²) in [7, 11) is 0. The molecule has 0 radical (unpaired) electrons. The molecule has 0 unspecified atom stereocenters. The number of hydrogen-bond donors (Lipinski definition) is 1. The highest BCUT2D eigenvalue weighted by atomic mass is 16.3. The quantitative estimate of drug-likeness (QED) is 0.588. The Morgan fingerprint density at radius 1 is 1.25 bits per heavy atom. The molecule has 12 heavy (non-hydrogen) atoms. The third-order valence-electron chi connectivity index (χ3n) is 1.20. The number of aliphatic hydroxyl groups excluding tert-OH is 1. The second-order valence-electron chi connectivity index (χ2n) is 1.96. The van der Waals surface area contributed by atoms with E-state index in [0.717, 1.165) is 17.1 Å². The van der Waals surface area contributed by atoms with Crippen molar-refractivity contribution in [2.75, 3.05) is 13.2 Å². The lowest BCUT2D eigenvalue weighted by Crippen LogP contribution is -2.36. The molecule has 0 fully saturated rings. The molecule has 0 rings (SSSR count). The van der Waals surface area contributed by atoms with Crippen molar-refractivity contribution in [3.05, 3.63) is 25.3 Å². The predicted octanol–water partition coefficient (Wildman–Crippen LogP) is -0.294. The van der Waals surface area contributed by atoms with Gasteiger partial charge in [0.15, 0.2) is 0 Å². The molecule has 0 spiro atoms. The van der Waals surface area contributed by atoms with Crippen LogP contribution in [0.4, 0.5) is 0 Å². The van der Waals surface area contributed by atoms with E-state index in [9.17, 15) is 9.59 Å². The molecule has 4 heteroatoms. The first-order valence-corrected chi connectivity index (χ1v) is 3.38. The third kappa shape index (κ3) is 2.67. The topological polar surface area (TPSA) is 57.6 Å². The van der Waals surface area contributed by atoms with Crippen LogP contribution in [0, 0.1) is 0 Å². The van der Waals surface area contributed by atoms with E-state index in [2.05, 4.69) is 13.2 Å². The summed E-state index contributed by atoms with van der Waals surface area (Å²) < 4.78 is 0. The van der Waals surface area contributed by atoms with Crippen molar-refractivity contribution in [3.63, 3.8) is 0 Å². The molecule has 0 atom stereocenters. The monoisotopic (exact) mass is 169 g/mol. The molecule has 0 saturated carbocycles. The van der Waals surface area contributed by atoms with Gasteiger partial charge >= 0.3 is 0 Å². The van der Waals surface area contributed by atoms with Crippen molar-refractivity contribution >= 4 is 11.8 Å². The normalized spacial score (nSPS) is 8.75. The number of carbonyl (C=O) groups is 2. The Bertz CT molecular complexity index is 190. The third-order valence-corrected chi connectivity index (χ3v) is 1.20. The molecule has 0 aromatic carbocycles. The highest BCUT2D eigenvalue weighted by Gasteiger charge is 2.14. The zero-order valence-corrected chi connectivity index (χ0v) is 6.69. The maximum Gasteiger partial charge on any atom is 0.252 e. The van der Waals surface area contributed by atoms with Gasteiger partial charge in [-0.25, -0.2) is 0 Å². The van der Waals surface area contributed by atoms with E-state index in [-0.39, 0.29) is 13.2 Å². The minimum atomic E-state index is -0.533. The van der Waals surface area contributed by atoms with Gasteiger partial charge in [-0.2, -0.15) is 0 Å². The molecule has 0 heterocycles. The fraction of sp³-hybridized carbons (Fsp3) is 0.250. The first-order chi connectivity index (χ1) is 5.67. The van der Waals surface area contributed by atoms with E-state index >= 15 is 0 Å². The summed E-state index contributed by atoms with van der Waals surface area (Å²) in [5, 5.41) is 8.51. The average molecular weight is 169 g/mol. The van der Waals surface area contributed by atoms with Gasteiger partial charge in [-0.05, 0) is 12.2 Å². The maximum atomic E-state index is 10.9. The average Bonchev–Trinajstić information content (AvgIpc) is 2.11. The zero-order valence-electron chi connectivity index (χ0n) is 6.69. The van der Waals surface area contributed by atoms with Gasteiger partial charge in [-0.15, -0.1) is 0 Å². The van der Waals surface area contributed by atoms with E-state index in [1.54, 1.807) is 0 Å². The van der Waals surface area contributed by atoms with Crippen molar-refractivity contribution in [1.29, 1.82) is 0 Å². The molecule has 0 bridgehead atoms. The fourth-order valence-electron chi connectivity index (χ4n) is 0.649. The van der Waals surface area contributed by atoms with Gasteiger partial charge in [0.2, 0.25) is 0 Å². The fourth-order valence-corrected chi connectivity index (χ4v) is 0.649. The van der Waals surface area contributed by atoms with Gasteiger partial charge in [0, 0.05) is 0 Å². The molecule has 0 aliphatic carbocycles. The van der Waals surface area contributed by atoms with Crippen LogP contribution in [0.5, 0.6) is 0 Å². The number of nitrogens with zero attached hydrogens (tertiary/aromatic N) is 1. The minimum Gasteiger partial charge on any atom is -0.395 e. The highest BCUT2D eigenvalue weighted by Crippen LogP contribution is 1.92. The van der Waals surface area contributed by atoms with Gasteiger partial charge in [0.05, 0.1) is 13.2 Å². The largest absolute Gasteiger partial charge is 0.395 e. The Kier molecular flexibility index (Phi) is 4.64. The second-order valence-corrected chi connectivity index (χ2v) is 1.96. The predicted molar refractivity (Wildman–Crippen MR) is 44.2 cm³/mol. The van der Waals surface area contributed by atoms with Crippen molar-refractivity contribution in [1.82, 2.24) is 4.90 Å². The molecule has 0 aromatic heterocycles. The van der Waals surface area contributed by atoms with Gasteiger partial charge < -0.3 is 5.11 Å². The number of imide groups is 1. The number of aliphatic hydroxyl groups is 1. The number of rotatable bonds is 4. The number of amides is 2. The smallest absolute Gasteiger partial charge is 0.252 e. The Hall–Kier alpha value is -1.42. The molecule has 0 aliphatic heterocycles. The molecular weight excluding hydrogens is 158 g/mol. The van der Waals surface area contributed by atoms with E-state index in [1.165, 1.54) is 0 Å². The van der Waals surface area contributed by atoms with E-state index < -0.39 is 11.8 Å². The summed E-state index contributed by atoms with van der Waals surface area (Å²) in [6.45, 7) is 6.15. The summed E-state index contributed by atoms with van der Waals surface area (Å²) in [6.07, 6.45) is 2.02. The van der Waals surface area contributed by atoms with Crippen LogP contribution in [0.3, 0.4) is 0 Å². The summed E-state index contributed by atoms with van der Waals surface area (Å²) in [6, 6.07) is 0. The van der Waals surface area contributed by atoms with Crippen LogP contribution in [-0.4, -0.2) is 35.0 Å². The standard InChI is InChI=1S/C8H11NO3/c1-3-7(11)9(5-6-10)8(12)4-2/h3-4,10H,1-2,5-6H2. The van der Waals surface area contributed by atoms with Crippen LogP contribution in [0.2, 0.25) is 0 Å². The first kappa shape index (κ1) is 10.6. The van der Waals surface area contributed by atoms with Gasteiger partial charge in [0.25, 0.3) is 11.8 Å². The molecule has 0 saturated heterocycles. The number of hydrogen-bond acceptors (Lipinski definition) is 3. The van der Waals surface area contributed by atoms with Crippen molar-refractivity contribution in [2.45, 2.75) is 0 Å². The van der Waals surface area contributed by atoms with Crippen LogP contribution in [0.25, 0.3) is 0 Å². The van der Waals surface area contributed by atoms with Crippen LogP contribution < -0.4 is 0 Å². The lowest BCUT2D eigenvalue weighted by molar-refractivity contribution is -0.139. The van der Waals surface area contributed by atoms with Crippen molar-refractivity contribution in [2.24, 2.45) is 0 Å². The zero-order chi connectivity index (χ0) is 9.56. The summed E-state index contributed by atoms with van der Waals surface area (Å²) in [5.41, 5.74) is 0. The second kappa shape index (κ2) is 5.26. The molecule has 66 valence electrons. The van der Waals surface area contributed by atoms with E-state index in [1.807, 2.05) is 0 Å². The van der Waals surface area contributed by atoms with Gasteiger partial charge in [-0.1, -0.05) is 13.2 Å².